The second-order valence-corrected chi connectivity index (χ2v) is 8.54. The van der Waals surface area contributed by atoms with Crippen LogP contribution in [0.25, 0.3) is 22.1 Å². The van der Waals surface area contributed by atoms with Crippen molar-refractivity contribution in [2.45, 2.75) is 20.0 Å². The van der Waals surface area contributed by atoms with Crippen LogP contribution < -0.4 is 9.80 Å². The molecule has 5 rings (SSSR count). The number of benzene rings is 2. The Morgan fingerprint density at radius 2 is 1.24 bits per heavy atom. The summed E-state index contributed by atoms with van der Waals surface area (Å²) in [5, 5.41) is 0. The van der Waals surface area contributed by atoms with Crippen LogP contribution in [-0.2, 0) is 27.2 Å². The van der Waals surface area contributed by atoms with Gasteiger partial charge in [0, 0.05) is 40.0 Å². The monoisotopic (exact) mass is 440 g/mol. The van der Waals surface area contributed by atoms with Gasteiger partial charge in [0.2, 0.25) is 5.95 Å². The maximum absolute atomic E-state index is 4.90. The number of hydrogen-bond acceptors (Lipinski definition) is 6. The first-order chi connectivity index (χ1) is 15.9. The lowest BCUT2D eigenvalue weighted by atomic mass is 10.3. The Morgan fingerprint density at radius 1 is 0.727 bits per heavy atom. The van der Waals surface area contributed by atoms with Crippen LogP contribution in [0, 0.1) is 6.92 Å². The van der Waals surface area contributed by atoms with Crippen molar-refractivity contribution in [1.29, 1.82) is 0 Å². The van der Waals surface area contributed by atoms with E-state index in [1.165, 1.54) is 0 Å². The van der Waals surface area contributed by atoms with Gasteiger partial charge in [0.15, 0.2) is 0 Å². The minimum atomic E-state index is 0.613. The molecule has 2 aromatic carbocycles. The molecule has 0 saturated carbocycles. The number of fused-ring (bicyclic) bond motifs is 2. The highest BCUT2D eigenvalue weighted by atomic mass is 15.3. The number of nitrogens with zero attached hydrogens (tertiary/aromatic N) is 8. The number of aromatic nitrogens is 6. The third-order valence-corrected chi connectivity index (χ3v) is 6.15. The van der Waals surface area contributed by atoms with Crippen molar-refractivity contribution < 1.29 is 0 Å². The van der Waals surface area contributed by atoms with Crippen molar-refractivity contribution >= 4 is 33.8 Å². The Kier molecular flexibility index (Phi) is 5.20. The van der Waals surface area contributed by atoms with Gasteiger partial charge in [0.05, 0.1) is 35.2 Å². The largest absolute Gasteiger partial charge is 0.352 e. The zero-order valence-electron chi connectivity index (χ0n) is 19.7. The van der Waals surface area contributed by atoms with Crippen LogP contribution in [-0.4, -0.2) is 43.2 Å². The fraction of sp³-hybridized carbons (Fsp3) is 0.280. The Labute approximate surface area is 193 Å². The summed E-state index contributed by atoms with van der Waals surface area (Å²) in [6, 6.07) is 16.4. The highest BCUT2D eigenvalue weighted by Crippen LogP contribution is 2.23. The van der Waals surface area contributed by atoms with Crippen LogP contribution >= 0.6 is 0 Å². The van der Waals surface area contributed by atoms with Gasteiger partial charge in [-0.1, -0.05) is 24.3 Å². The molecule has 0 aliphatic carbocycles. The van der Waals surface area contributed by atoms with Crippen LogP contribution in [0.15, 0.2) is 54.7 Å². The fourth-order valence-electron chi connectivity index (χ4n) is 4.24. The van der Waals surface area contributed by atoms with Crippen LogP contribution in [0.2, 0.25) is 0 Å². The predicted molar refractivity (Wildman–Crippen MR) is 132 cm³/mol. The van der Waals surface area contributed by atoms with E-state index in [1.54, 1.807) is 0 Å². The zero-order valence-corrected chi connectivity index (χ0v) is 19.7. The molecule has 0 aliphatic heterocycles. The third kappa shape index (κ3) is 3.77. The van der Waals surface area contributed by atoms with Gasteiger partial charge in [-0.05, 0) is 31.2 Å². The lowest BCUT2D eigenvalue weighted by Gasteiger charge is -2.23. The van der Waals surface area contributed by atoms with Crippen molar-refractivity contribution in [3.05, 3.63) is 71.9 Å². The lowest BCUT2D eigenvalue weighted by Crippen LogP contribution is -2.25. The number of hydrogen-bond donors (Lipinski definition) is 0. The number of aryl methyl sites for hydroxylation is 3. The van der Waals surface area contributed by atoms with E-state index in [0.717, 1.165) is 45.1 Å². The van der Waals surface area contributed by atoms with E-state index in [0.29, 0.717) is 19.0 Å². The molecule has 5 aromatic rings. The minimum Gasteiger partial charge on any atom is -0.352 e. The molecular formula is C25H28N8. The average molecular weight is 441 g/mol. The molecular weight excluding hydrogens is 412 g/mol. The Bertz CT molecular complexity index is 1450. The summed E-state index contributed by atoms with van der Waals surface area (Å²) in [5.74, 6) is 3.52. The first-order valence-corrected chi connectivity index (χ1v) is 11.0. The number of para-hydroxylation sites is 4. The molecule has 0 saturated heterocycles. The molecule has 8 heteroatoms. The van der Waals surface area contributed by atoms with Gasteiger partial charge in [-0.3, -0.25) is 0 Å². The quantitative estimate of drug-likeness (QED) is 0.400. The van der Waals surface area contributed by atoms with Crippen LogP contribution in [0.4, 0.5) is 11.8 Å². The van der Waals surface area contributed by atoms with E-state index in [2.05, 4.69) is 38.2 Å². The molecule has 3 heterocycles. The standard InChI is InChI=1S/C25H28N8/c1-17-14-26-25(31(3)16-23-28-19-11-7-9-13-21(19)33(23)5)29-24(17)30(2)15-22-27-18-10-6-8-12-20(18)32(22)4/h6-14H,15-16H2,1-5H3. The second-order valence-electron chi connectivity index (χ2n) is 8.54. The van der Waals surface area contributed by atoms with Gasteiger partial charge in [0.25, 0.3) is 0 Å². The smallest absolute Gasteiger partial charge is 0.227 e. The summed E-state index contributed by atoms with van der Waals surface area (Å²) >= 11 is 0. The SMILES string of the molecule is Cc1cnc(N(C)Cc2nc3ccccc3n2C)nc1N(C)Cc1nc2ccccc2n1C. The van der Waals surface area contributed by atoms with E-state index in [4.69, 9.17) is 15.0 Å². The molecule has 168 valence electrons. The maximum Gasteiger partial charge on any atom is 0.227 e. The van der Waals surface area contributed by atoms with E-state index in [9.17, 15) is 0 Å². The van der Waals surface area contributed by atoms with E-state index < -0.39 is 0 Å². The molecule has 0 unspecified atom stereocenters. The van der Waals surface area contributed by atoms with Crippen molar-refractivity contribution in [2.75, 3.05) is 23.9 Å². The van der Waals surface area contributed by atoms with Crippen molar-refractivity contribution in [3.63, 3.8) is 0 Å². The molecule has 0 radical (unpaired) electrons. The summed E-state index contributed by atoms with van der Waals surface area (Å²) < 4.78 is 4.26. The van der Waals surface area contributed by atoms with E-state index in [1.807, 2.05) is 75.6 Å². The molecule has 0 N–H and O–H groups in total. The molecule has 8 nitrogen and oxygen atoms in total. The Hall–Kier alpha value is -3.94. The fourth-order valence-corrected chi connectivity index (χ4v) is 4.24. The normalized spacial score (nSPS) is 11.4. The predicted octanol–water partition coefficient (Wildman–Crippen LogP) is 3.83. The van der Waals surface area contributed by atoms with Crippen molar-refractivity contribution in [3.8, 4) is 0 Å². The van der Waals surface area contributed by atoms with Crippen molar-refractivity contribution in [2.24, 2.45) is 14.1 Å². The minimum absolute atomic E-state index is 0.613. The average Bonchev–Trinajstić information content (AvgIpc) is 3.30. The van der Waals surface area contributed by atoms with Crippen molar-refractivity contribution in [1.82, 2.24) is 29.1 Å². The molecule has 0 spiro atoms. The molecule has 0 atom stereocenters. The summed E-state index contributed by atoms with van der Waals surface area (Å²) in [6.45, 7) is 3.30. The number of rotatable bonds is 6. The molecule has 0 amide bonds. The lowest BCUT2D eigenvalue weighted by molar-refractivity contribution is 0.745. The van der Waals surface area contributed by atoms with E-state index >= 15 is 0 Å². The van der Waals surface area contributed by atoms with Crippen LogP contribution in [0.1, 0.15) is 17.2 Å². The summed E-state index contributed by atoms with van der Waals surface area (Å²) in [5.41, 5.74) is 5.27. The number of imidazole rings is 2. The summed E-state index contributed by atoms with van der Waals surface area (Å²) in [7, 11) is 8.15. The first kappa shape index (κ1) is 20.9. The molecule has 0 aliphatic rings. The van der Waals surface area contributed by atoms with Crippen LogP contribution in [0.5, 0.6) is 0 Å². The topological polar surface area (TPSA) is 67.9 Å². The third-order valence-electron chi connectivity index (χ3n) is 6.15. The van der Waals surface area contributed by atoms with Gasteiger partial charge in [-0.15, -0.1) is 0 Å². The van der Waals surface area contributed by atoms with E-state index in [-0.39, 0.29) is 0 Å². The van der Waals surface area contributed by atoms with Gasteiger partial charge >= 0.3 is 0 Å². The summed E-state index contributed by atoms with van der Waals surface area (Å²) in [6.07, 6.45) is 1.88. The van der Waals surface area contributed by atoms with Gasteiger partial charge in [-0.2, -0.15) is 4.98 Å². The summed E-state index contributed by atoms with van der Waals surface area (Å²) in [4.78, 5) is 23.2. The van der Waals surface area contributed by atoms with Gasteiger partial charge < -0.3 is 18.9 Å². The van der Waals surface area contributed by atoms with Gasteiger partial charge in [-0.25, -0.2) is 15.0 Å². The molecule has 3 aromatic heterocycles. The molecule has 0 fully saturated rings. The molecule has 33 heavy (non-hydrogen) atoms. The molecule has 0 bridgehead atoms. The number of anilines is 2. The zero-order chi connectivity index (χ0) is 23.1. The van der Waals surface area contributed by atoms with Crippen LogP contribution in [0.3, 0.4) is 0 Å². The van der Waals surface area contributed by atoms with Gasteiger partial charge in [0.1, 0.15) is 17.5 Å². The Balaban J connectivity index is 1.39. The highest BCUT2D eigenvalue weighted by Gasteiger charge is 2.17. The second kappa shape index (κ2) is 8.20. The first-order valence-electron chi connectivity index (χ1n) is 11.0. The highest BCUT2D eigenvalue weighted by molar-refractivity contribution is 5.76. The Morgan fingerprint density at radius 3 is 1.79 bits per heavy atom. The maximum atomic E-state index is 4.90.